The van der Waals surface area contributed by atoms with E-state index in [0.717, 1.165) is 6.07 Å². The predicted octanol–water partition coefficient (Wildman–Crippen LogP) is 4.77. The quantitative estimate of drug-likeness (QED) is 0.406. The number of amides is 1. The molecule has 3 rings (SSSR count). The molecular formula is C22H21N3O5S. The Balaban J connectivity index is 1.70. The second kappa shape index (κ2) is 8.97. The van der Waals surface area contributed by atoms with Crippen molar-refractivity contribution in [2.45, 2.75) is 24.7 Å². The van der Waals surface area contributed by atoms with Crippen molar-refractivity contribution in [2.75, 3.05) is 10.0 Å². The molecule has 0 atom stereocenters. The lowest BCUT2D eigenvalue weighted by molar-refractivity contribution is -0.385. The van der Waals surface area contributed by atoms with Gasteiger partial charge in [-0.3, -0.25) is 19.6 Å². The molecule has 0 saturated heterocycles. The van der Waals surface area contributed by atoms with E-state index in [-0.39, 0.29) is 22.2 Å². The molecule has 0 aliphatic carbocycles. The van der Waals surface area contributed by atoms with Crippen LogP contribution in [0.15, 0.2) is 77.7 Å². The number of nitrogens with zero attached hydrogens (tertiary/aromatic N) is 1. The molecule has 0 aromatic heterocycles. The van der Waals surface area contributed by atoms with Crippen molar-refractivity contribution in [1.29, 1.82) is 0 Å². The lowest BCUT2D eigenvalue weighted by Crippen LogP contribution is -2.14. The molecule has 0 spiro atoms. The van der Waals surface area contributed by atoms with Crippen molar-refractivity contribution in [3.63, 3.8) is 0 Å². The van der Waals surface area contributed by atoms with Crippen LogP contribution < -0.4 is 10.0 Å². The number of nitrogens with one attached hydrogen (secondary N) is 2. The Morgan fingerprint density at radius 2 is 1.55 bits per heavy atom. The van der Waals surface area contributed by atoms with Gasteiger partial charge in [0, 0.05) is 29.1 Å². The highest BCUT2D eigenvalue weighted by atomic mass is 32.2. The van der Waals surface area contributed by atoms with Crippen LogP contribution in [-0.4, -0.2) is 19.2 Å². The summed E-state index contributed by atoms with van der Waals surface area (Å²) in [6.07, 6.45) is 0. The molecule has 0 aliphatic rings. The fourth-order valence-electron chi connectivity index (χ4n) is 2.82. The first kappa shape index (κ1) is 22.0. The first-order valence-corrected chi connectivity index (χ1v) is 10.9. The van der Waals surface area contributed by atoms with Gasteiger partial charge >= 0.3 is 0 Å². The number of non-ortho nitro benzene ring substituents is 1. The van der Waals surface area contributed by atoms with Gasteiger partial charge in [0.05, 0.1) is 9.82 Å². The van der Waals surface area contributed by atoms with Gasteiger partial charge in [-0.1, -0.05) is 32.0 Å². The first-order valence-electron chi connectivity index (χ1n) is 9.44. The Bertz CT molecular complexity index is 1200. The Morgan fingerprint density at radius 3 is 2.13 bits per heavy atom. The van der Waals surface area contributed by atoms with Gasteiger partial charge in [0.2, 0.25) is 0 Å². The molecule has 3 aromatic rings. The van der Waals surface area contributed by atoms with Gasteiger partial charge in [0.15, 0.2) is 0 Å². The monoisotopic (exact) mass is 439 g/mol. The minimum atomic E-state index is -4.02. The van der Waals surface area contributed by atoms with E-state index < -0.39 is 14.9 Å². The number of rotatable bonds is 7. The molecule has 2 N–H and O–H groups in total. The maximum absolute atomic E-state index is 12.5. The SMILES string of the molecule is CC(C)c1ccc(NC(=O)c2ccc(NS(=O)(=O)c3cccc([N+](=O)[O-])c3)cc2)cc1. The number of hydrogen-bond acceptors (Lipinski definition) is 5. The van der Waals surface area contributed by atoms with E-state index in [1.54, 1.807) is 0 Å². The maximum Gasteiger partial charge on any atom is 0.270 e. The number of carbonyl (C=O) groups is 1. The molecule has 0 unspecified atom stereocenters. The van der Waals surface area contributed by atoms with Crippen LogP contribution in [-0.2, 0) is 10.0 Å². The molecule has 31 heavy (non-hydrogen) atoms. The van der Waals surface area contributed by atoms with E-state index in [1.165, 1.54) is 48.0 Å². The smallest absolute Gasteiger partial charge is 0.270 e. The van der Waals surface area contributed by atoms with Crippen molar-refractivity contribution in [3.05, 3.63) is 94.0 Å². The highest BCUT2D eigenvalue weighted by molar-refractivity contribution is 7.92. The van der Waals surface area contributed by atoms with Crippen LogP contribution in [0.5, 0.6) is 0 Å². The molecule has 0 aliphatic heterocycles. The Morgan fingerprint density at radius 1 is 0.935 bits per heavy atom. The lowest BCUT2D eigenvalue weighted by Gasteiger charge is -2.10. The van der Waals surface area contributed by atoms with Crippen molar-refractivity contribution >= 4 is 33.0 Å². The molecule has 1 amide bonds. The number of sulfonamides is 1. The van der Waals surface area contributed by atoms with Gasteiger partial charge in [-0.2, -0.15) is 0 Å². The van der Waals surface area contributed by atoms with Gasteiger partial charge in [-0.15, -0.1) is 0 Å². The topological polar surface area (TPSA) is 118 Å². The van der Waals surface area contributed by atoms with E-state index in [4.69, 9.17) is 0 Å². The van der Waals surface area contributed by atoms with E-state index in [2.05, 4.69) is 23.9 Å². The van der Waals surface area contributed by atoms with Crippen molar-refractivity contribution < 1.29 is 18.1 Å². The molecule has 8 nitrogen and oxygen atoms in total. The Hall–Kier alpha value is -3.72. The molecule has 9 heteroatoms. The van der Waals surface area contributed by atoms with Crippen LogP contribution in [0.25, 0.3) is 0 Å². The second-order valence-corrected chi connectivity index (χ2v) is 8.85. The summed E-state index contributed by atoms with van der Waals surface area (Å²) in [5.74, 6) is 0.0634. The number of nitro benzene ring substituents is 1. The zero-order valence-electron chi connectivity index (χ0n) is 16.9. The molecule has 0 fully saturated rings. The summed E-state index contributed by atoms with van der Waals surface area (Å²) < 4.78 is 27.3. The number of nitro groups is 1. The van der Waals surface area contributed by atoms with E-state index in [1.807, 2.05) is 24.3 Å². The minimum Gasteiger partial charge on any atom is -0.322 e. The largest absolute Gasteiger partial charge is 0.322 e. The summed E-state index contributed by atoms with van der Waals surface area (Å²) in [6, 6.07) is 18.2. The average molecular weight is 439 g/mol. The normalized spacial score (nSPS) is 11.2. The van der Waals surface area contributed by atoms with Crippen molar-refractivity contribution in [2.24, 2.45) is 0 Å². The molecular weight excluding hydrogens is 418 g/mol. The molecule has 0 saturated carbocycles. The fraction of sp³-hybridized carbons (Fsp3) is 0.136. The molecule has 0 radical (unpaired) electrons. The molecule has 160 valence electrons. The highest BCUT2D eigenvalue weighted by Crippen LogP contribution is 2.21. The third-order valence-electron chi connectivity index (χ3n) is 4.57. The third kappa shape index (κ3) is 5.46. The zero-order chi connectivity index (χ0) is 22.6. The van der Waals surface area contributed by atoms with Gasteiger partial charge < -0.3 is 5.32 Å². The molecule has 0 bridgehead atoms. The van der Waals surface area contributed by atoms with E-state index in [9.17, 15) is 23.3 Å². The minimum absolute atomic E-state index is 0.226. The Labute approximate surface area is 180 Å². The summed E-state index contributed by atoms with van der Waals surface area (Å²) in [6.45, 7) is 4.17. The third-order valence-corrected chi connectivity index (χ3v) is 5.95. The molecule has 0 heterocycles. The van der Waals surface area contributed by atoms with Crippen LogP contribution in [0.4, 0.5) is 17.1 Å². The van der Waals surface area contributed by atoms with Crippen LogP contribution in [0, 0.1) is 10.1 Å². The molecule has 3 aromatic carbocycles. The summed E-state index contributed by atoms with van der Waals surface area (Å²) >= 11 is 0. The van der Waals surface area contributed by atoms with E-state index in [0.29, 0.717) is 17.2 Å². The number of benzene rings is 3. The predicted molar refractivity (Wildman–Crippen MR) is 119 cm³/mol. The van der Waals surface area contributed by atoms with Crippen LogP contribution in [0.2, 0.25) is 0 Å². The standard InChI is InChI=1S/C22H21N3O5S/c1-15(2)16-6-10-18(11-7-16)23-22(26)17-8-12-19(13-9-17)24-31(29,30)21-5-3-4-20(14-21)25(27)28/h3-15,24H,1-2H3,(H,23,26). The van der Waals surface area contributed by atoms with Crippen molar-refractivity contribution in [3.8, 4) is 0 Å². The second-order valence-electron chi connectivity index (χ2n) is 7.17. The van der Waals surface area contributed by atoms with Gasteiger partial charge in [0.25, 0.3) is 21.6 Å². The first-order chi connectivity index (χ1) is 14.7. The van der Waals surface area contributed by atoms with Gasteiger partial charge in [-0.25, -0.2) is 8.42 Å². The Kier molecular flexibility index (Phi) is 6.36. The summed E-state index contributed by atoms with van der Waals surface area (Å²) in [5.41, 5.74) is 2.08. The maximum atomic E-state index is 12.5. The number of hydrogen-bond donors (Lipinski definition) is 2. The summed E-state index contributed by atoms with van der Waals surface area (Å²) in [5, 5.41) is 13.7. The highest BCUT2D eigenvalue weighted by Gasteiger charge is 2.18. The number of carbonyl (C=O) groups excluding carboxylic acids is 1. The van der Waals surface area contributed by atoms with Crippen LogP contribution >= 0.6 is 0 Å². The van der Waals surface area contributed by atoms with Crippen LogP contribution in [0.1, 0.15) is 35.7 Å². The van der Waals surface area contributed by atoms with Crippen LogP contribution in [0.3, 0.4) is 0 Å². The van der Waals surface area contributed by atoms with Crippen molar-refractivity contribution in [1.82, 2.24) is 0 Å². The number of anilines is 2. The summed E-state index contributed by atoms with van der Waals surface area (Å²) in [4.78, 5) is 22.4. The van der Waals surface area contributed by atoms with E-state index >= 15 is 0 Å². The lowest BCUT2D eigenvalue weighted by atomic mass is 10.0. The average Bonchev–Trinajstić information content (AvgIpc) is 2.74. The summed E-state index contributed by atoms with van der Waals surface area (Å²) in [7, 11) is -4.02. The van der Waals surface area contributed by atoms with Gasteiger partial charge in [0.1, 0.15) is 0 Å². The fourth-order valence-corrected chi connectivity index (χ4v) is 3.92. The van der Waals surface area contributed by atoms with Gasteiger partial charge in [-0.05, 0) is 53.9 Å². The zero-order valence-corrected chi connectivity index (χ0v) is 17.7.